The Labute approximate surface area is 134 Å². The third kappa shape index (κ3) is 5.57. The van der Waals surface area contributed by atoms with Gasteiger partial charge < -0.3 is 26.4 Å². The minimum absolute atomic E-state index is 0.0279. The van der Waals surface area contributed by atoms with Crippen molar-refractivity contribution in [1.82, 2.24) is 0 Å². The van der Waals surface area contributed by atoms with Gasteiger partial charge in [-0.2, -0.15) is 0 Å². The summed E-state index contributed by atoms with van der Waals surface area (Å²) in [5.74, 6) is 0.948. The predicted octanol–water partition coefficient (Wildman–Crippen LogP) is 1.93. The molecule has 1 aliphatic rings. The Balaban J connectivity index is 0.000000247. The van der Waals surface area contributed by atoms with E-state index in [1.807, 2.05) is 6.07 Å². The smallest absolute Gasteiger partial charge is 0.126 e. The van der Waals surface area contributed by atoms with Gasteiger partial charge in [-0.15, -0.1) is 4.91 Å². The number of aromatic hydroxyl groups is 1. The highest BCUT2D eigenvalue weighted by Gasteiger charge is 2.19. The van der Waals surface area contributed by atoms with Crippen molar-refractivity contribution in [3.63, 3.8) is 0 Å². The normalized spacial score (nSPS) is 14.8. The fourth-order valence-electron chi connectivity index (χ4n) is 2.00. The van der Waals surface area contributed by atoms with Gasteiger partial charge in [0, 0.05) is 30.5 Å². The fraction of sp³-hybridized carbons (Fsp3) is 0.250. The van der Waals surface area contributed by atoms with Crippen LogP contribution in [0.3, 0.4) is 0 Å². The van der Waals surface area contributed by atoms with E-state index in [-0.39, 0.29) is 11.7 Å². The highest BCUT2D eigenvalue weighted by molar-refractivity contribution is 5.63. The summed E-state index contributed by atoms with van der Waals surface area (Å²) in [5, 5.41) is 18.4. The third-order valence-electron chi connectivity index (χ3n) is 3.01. The average Bonchev–Trinajstić information content (AvgIpc) is 2.58. The van der Waals surface area contributed by atoms with E-state index in [0.29, 0.717) is 30.2 Å². The number of ether oxygens (including phenoxy) is 1. The van der Waals surface area contributed by atoms with Crippen LogP contribution in [0.25, 0.3) is 0 Å². The molecule has 0 fully saturated rings. The summed E-state index contributed by atoms with van der Waals surface area (Å²) in [6.07, 6.45) is 0.681. The number of nitrogen functional groups attached to an aromatic ring is 1. The lowest BCUT2D eigenvalue weighted by Crippen LogP contribution is -2.34. The number of hydrogen-bond acceptors (Lipinski definition) is 7. The summed E-state index contributed by atoms with van der Waals surface area (Å²) in [6.45, 7) is 0.453. The highest BCUT2D eigenvalue weighted by Crippen LogP contribution is 2.33. The SMILES string of the molecule is CO.Nc1cc(N=O)cc2c1CC(N)CO2.Oc1ccccc1. The van der Waals surface area contributed by atoms with Crippen LogP contribution in [-0.2, 0) is 6.42 Å². The Hall–Kier alpha value is -2.64. The second kappa shape index (κ2) is 9.39. The minimum atomic E-state index is -0.0279. The summed E-state index contributed by atoms with van der Waals surface area (Å²) >= 11 is 0. The Morgan fingerprint density at radius 1 is 1.22 bits per heavy atom. The quantitative estimate of drug-likeness (QED) is 0.469. The van der Waals surface area contributed by atoms with Crippen LogP contribution < -0.4 is 16.2 Å². The lowest BCUT2D eigenvalue weighted by atomic mass is 10.0. The van der Waals surface area contributed by atoms with Crippen LogP contribution in [0.1, 0.15) is 5.56 Å². The molecule has 0 bridgehead atoms. The monoisotopic (exact) mass is 319 g/mol. The molecule has 7 nitrogen and oxygen atoms in total. The van der Waals surface area contributed by atoms with E-state index >= 15 is 0 Å². The summed E-state index contributed by atoms with van der Waals surface area (Å²) in [5.41, 5.74) is 13.1. The van der Waals surface area contributed by atoms with Gasteiger partial charge in [0.1, 0.15) is 23.8 Å². The Morgan fingerprint density at radius 3 is 2.39 bits per heavy atom. The second-order valence-corrected chi connectivity index (χ2v) is 4.71. The Bertz CT molecular complexity index is 620. The molecule has 2 aromatic carbocycles. The maximum atomic E-state index is 10.3. The largest absolute Gasteiger partial charge is 0.508 e. The number of phenols is 1. The van der Waals surface area contributed by atoms with Crippen LogP contribution in [0.2, 0.25) is 0 Å². The van der Waals surface area contributed by atoms with Crippen molar-refractivity contribution in [2.45, 2.75) is 12.5 Å². The van der Waals surface area contributed by atoms with Gasteiger partial charge in [0.2, 0.25) is 0 Å². The molecule has 23 heavy (non-hydrogen) atoms. The van der Waals surface area contributed by atoms with E-state index in [1.165, 1.54) is 6.07 Å². The van der Waals surface area contributed by atoms with Crippen LogP contribution in [-0.4, -0.2) is 30.0 Å². The topological polar surface area (TPSA) is 131 Å². The first-order valence-corrected chi connectivity index (χ1v) is 6.93. The number of nitroso groups, excluding NO2 is 1. The number of para-hydroxylation sites is 1. The van der Waals surface area contributed by atoms with Gasteiger partial charge in [0.05, 0.1) is 0 Å². The standard InChI is InChI=1S/C9H11N3O2.C6H6O.CH4O/c10-5-1-7-8(11)2-6(12-13)3-9(7)14-4-5;7-6-4-2-1-3-5-6;1-2/h2-3,5H,1,4,10-11H2;1-5,7H;2H,1H3. The van der Waals surface area contributed by atoms with Crippen LogP contribution in [0, 0.1) is 4.91 Å². The molecular formula is C16H21N3O4. The van der Waals surface area contributed by atoms with Gasteiger partial charge in [-0.1, -0.05) is 18.2 Å². The molecular weight excluding hydrogens is 298 g/mol. The number of benzene rings is 2. The summed E-state index contributed by atoms with van der Waals surface area (Å²) < 4.78 is 5.36. The van der Waals surface area contributed by atoms with Gasteiger partial charge in [-0.25, -0.2) is 0 Å². The van der Waals surface area contributed by atoms with Gasteiger partial charge in [0.25, 0.3) is 0 Å². The van der Waals surface area contributed by atoms with Crippen LogP contribution in [0.15, 0.2) is 47.6 Å². The summed E-state index contributed by atoms with van der Waals surface area (Å²) in [7, 11) is 1.00. The molecule has 0 saturated heterocycles. The second-order valence-electron chi connectivity index (χ2n) is 4.71. The molecule has 7 heteroatoms. The van der Waals surface area contributed by atoms with Gasteiger partial charge in [-0.05, 0) is 29.8 Å². The summed E-state index contributed by atoms with van der Waals surface area (Å²) in [6, 6.07) is 11.8. The van der Waals surface area contributed by atoms with Crippen molar-refractivity contribution in [2.75, 3.05) is 19.5 Å². The average molecular weight is 319 g/mol. The van der Waals surface area contributed by atoms with Gasteiger partial charge in [-0.3, -0.25) is 0 Å². The van der Waals surface area contributed by atoms with Crippen molar-refractivity contribution in [1.29, 1.82) is 0 Å². The molecule has 3 rings (SSSR count). The number of fused-ring (bicyclic) bond motifs is 1. The number of nitrogens with two attached hydrogens (primary N) is 2. The molecule has 0 aromatic heterocycles. The molecule has 1 heterocycles. The van der Waals surface area contributed by atoms with E-state index in [9.17, 15) is 4.91 Å². The molecule has 0 amide bonds. The van der Waals surface area contributed by atoms with Crippen molar-refractivity contribution in [3.05, 3.63) is 52.9 Å². The van der Waals surface area contributed by atoms with E-state index in [0.717, 1.165) is 12.7 Å². The van der Waals surface area contributed by atoms with Crippen LogP contribution in [0.4, 0.5) is 11.4 Å². The molecule has 1 atom stereocenters. The predicted molar refractivity (Wildman–Crippen MR) is 89.7 cm³/mol. The number of aliphatic hydroxyl groups excluding tert-OH is 1. The van der Waals surface area contributed by atoms with E-state index in [4.69, 9.17) is 26.4 Å². The molecule has 0 radical (unpaired) electrons. The molecule has 0 saturated carbocycles. The molecule has 1 unspecified atom stereocenters. The third-order valence-corrected chi connectivity index (χ3v) is 3.01. The number of aliphatic hydroxyl groups is 1. The number of anilines is 1. The van der Waals surface area contributed by atoms with E-state index < -0.39 is 0 Å². The van der Waals surface area contributed by atoms with Gasteiger partial charge in [0.15, 0.2) is 0 Å². The number of hydrogen-bond donors (Lipinski definition) is 4. The van der Waals surface area contributed by atoms with Crippen molar-refractivity contribution < 1.29 is 14.9 Å². The van der Waals surface area contributed by atoms with Crippen LogP contribution >= 0.6 is 0 Å². The first-order valence-electron chi connectivity index (χ1n) is 6.93. The molecule has 2 aromatic rings. The first kappa shape index (κ1) is 18.4. The molecule has 0 spiro atoms. The minimum Gasteiger partial charge on any atom is -0.508 e. The van der Waals surface area contributed by atoms with Gasteiger partial charge >= 0.3 is 0 Å². The number of phenolic OH excluding ortho intramolecular Hbond substituents is 1. The van der Waals surface area contributed by atoms with Crippen molar-refractivity contribution >= 4 is 11.4 Å². The first-order chi connectivity index (χ1) is 11.1. The zero-order valence-corrected chi connectivity index (χ0v) is 12.8. The maximum Gasteiger partial charge on any atom is 0.126 e. The lowest BCUT2D eigenvalue weighted by molar-refractivity contribution is 0.264. The highest BCUT2D eigenvalue weighted by atomic mass is 16.5. The Kier molecular flexibility index (Phi) is 7.52. The van der Waals surface area contributed by atoms with E-state index in [1.54, 1.807) is 30.3 Å². The van der Waals surface area contributed by atoms with E-state index in [2.05, 4.69) is 5.18 Å². The number of rotatable bonds is 1. The maximum absolute atomic E-state index is 10.3. The zero-order valence-electron chi connectivity index (χ0n) is 12.8. The molecule has 0 aliphatic carbocycles. The van der Waals surface area contributed by atoms with Crippen molar-refractivity contribution in [3.8, 4) is 11.5 Å². The molecule has 1 aliphatic heterocycles. The molecule has 124 valence electrons. The molecule has 6 N–H and O–H groups in total. The van der Waals surface area contributed by atoms with Crippen LogP contribution in [0.5, 0.6) is 11.5 Å². The summed E-state index contributed by atoms with van der Waals surface area (Å²) in [4.78, 5) is 10.3. The zero-order chi connectivity index (χ0) is 17.2. The number of nitrogens with zero attached hydrogens (tertiary/aromatic N) is 1. The lowest BCUT2D eigenvalue weighted by Gasteiger charge is -2.23. The fourth-order valence-corrected chi connectivity index (χ4v) is 2.00. The Morgan fingerprint density at radius 2 is 1.87 bits per heavy atom. The van der Waals surface area contributed by atoms with Crippen molar-refractivity contribution in [2.24, 2.45) is 10.9 Å².